The van der Waals surface area contributed by atoms with Gasteiger partial charge in [0, 0.05) is 32.5 Å². The van der Waals surface area contributed by atoms with Gasteiger partial charge in [0.25, 0.3) is 0 Å². The molecule has 4 nitrogen and oxygen atoms in total. The van der Waals surface area contributed by atoms with Crippen LogP contribution in [0.15, 0.2) is 30.3 Å². The van der Waals surface area contributed by atoms with Crippen LogP contribution in [0.5, 0.6) is 0 Å². The van der Waals surface area contributed by atoms with Gasteiger partial charge in [-0.05, 0) is 50.6 Å². The highest BCUT2D eigenvalue weighted by Gasteiger charge is 2.38. The lowest BCUT2D eigenvalue weighted by molar-refractivity contribution is -0.140. The molecule has 2 saturated heterocycles. The van der Waals surface area contributed by atoms with Gasteiger partial charge in [0.2, 0.25) is 0 Å². The SMILES string of the molecule is c1ccc(CCOCCCNC2CCOC3(CCOCC3)C2)cc1. The van der Waals surface area contributed by atoms with Crippen molar-refractivity contribution in [3.05, 3.63) is 35.9 Å². The van der Waals surface area contributed by atoms with E-state index in [-0.39, 0.29) is 5.60 Å². The van der Waals surface area contributed by atoms with Crippen molar-refractivity contribution in [2.45, 2.75) is 50.2 Å². The lowest BCUT2D eigenvalue weighted by atomic mass is 9.84. The molecule has 0 amide bonds. The Labute approximate surface area is 145 Å². The van der Waals surface area contributed by atoms with E-state index in [4.69, 9.17) is 14.2 Å². The maximum absolute atomic E-state index is 6.09. The van der Waals surface area contributed by atoms with Crippen LogP contribution in [0.4, 0.5) is 0 Å². The molecule has 0 saturated carbocycles. The number of hydrogen-bond donors (Lipinski definition) is 1. The van der Waals surface area contributed by atoms with Crippen molar-refractivity contribution in [1.82, 2.24) is 5.32 Å². The molecule has 2 aliphatic heterocycles. The van der Waals surface area contributed by atoms with Crippen LogP contribution in [0, 0.1) is 0 Å². The summed E-state index contributed by atoms with van der Waals surface area (Å²) in [6.07, 6.45) is 6.42. The Hall–Kier alpha value is -0.940. The zero-order valence-electron chi connectivity index (χ0n) is 14.7. The second-order valence-corrected chi connectivity index (χ2v) is 6.99. The van der Waals surface area contributed by atoms with E-state index < -0.39 is 0 Å². The molecular weight excluding hydrogens is 302 g/mol. The van der Waals surface area contributed by atoms with Crippen LogP contribution in [0.25, 0.3) is 0 Å². The highest BCUT2D eigenvalue weighted by Crippen LogP contribution is 2.34. The molecule has 2 fully saturated rings. The summed E-state index contributed by atoms with van der Waals surface area (Å²) in [7, 11) is 0. The van der Waals surface area contributed by atoms with E-state index in [1.54, 1.807) is 0 Å². The fourth-order valence-electron chi connectivity index (χ4n) is 3.71. The normalized spacial score (nSPS) is 23.4. The zero-order chi connectivity index (χ0) is 16.5. The van der Waals surface area contributed by atoms with Gasteiger partial charge in [0.1, 0.15) is 0 Å². The average molecular weight is 333 g/mol. The number of benzene rings is 1. The standard InChI is InChI=1S/C20H31NO3/c1-2-5-18(6-3-1)7-13-22-12-4-11-21-19-8-14-24-20(17-19)9-15-23-16-10-20/h1-3,5-6,19,21H,4,7-17H2. The van der Waals surface area contributed by atoms with Crippen molar-refractivity contribution >= 4 is 0 Å². The van der Waals surface area contributed by atoms with Gasteiger partial charge in [-0.25, -0.2) is 0 Å². The van der Waals surface area contributed by atoms with Gasteiger partial charge < -0.3 is 19.5 Å². The van der Waals surface area contributed by atoms with Gasteiger partial charge in [-0.15, -0.1) is 0 Å². The molecule has 4 heteroatoms. The van der Waals surface area contributed by atoms with E-state index in [0.717, 1.165) is 78.1 Å². The molecule has 1 N–H and O–H groups in total. The smallest absolute Gasteiger partial charge is 0.0741 e. The first-order valence-electron chi connectivity index (χ1n) is 9.43. The number of rotatable bonds is 8. The van der Waals surface area contributed by atoms with E-state index in [2.05, 4.69) is 35.6 Å². The average Bonchev–Trinajstić information content (AvgIpc) is 2.63. The molecule has 1 spiro atoms. The van der Waals surface area contributed by atoms with Crippen LogP contribution in [0.2, 0.25) is 0 Å². The summed E-state index contributed by atoms with van der Waals surface area (Å²) in [5.41, 5.74) is 1.43. The molecule has 1 aromatic carbocycles. The summed E-state index contributed by atoms with van der Waals surface area (Å²) in [4.78, 5) is 0. The van der Waals surface area contributed by atoms with Crippen LogP contribution in [0.1, 0.15) is 37.7 Å². The molecule has 0 radical (unpaired) electrons. The fourth-order valence-corrected chi connectivity index (χ4v) is 3.71. The first-order valence-corrected chi connectivity index (χ1v) is 9.43. The van der Waals surface area contributed by atoms with Gasteiger partial charge in [-0.1, -0.05) is 30.3 Å². The van der Waals surface area contributed by atoms with Crippen LogP contribution in [-0.4, -0.2) is 51.2 Å². The Morgan fingerprint density at radius 3 is 2.75 bits per heavy atom. The molecule has 3 rings (SSSR count). The molecule has 1 unspecified atom stereocenters. The molecule has 134 valence electrons. The van der Waals surface area contributed by atoms with Crippen LogP contribution < -0.4 is 5.32 Å². The third kappa shape index (κ3) is 5.55. The number of hydrogen-bond acceptors (Lipinski definition) is 4. The maximum atomic E-state index is 6.09. The minimum atomic E-state index is 0.0837. The number of ether oxygens (including phenoxy) is 3. The Kier molecular flexibility index (Phi) is 7.09. The third-order valence-electron chi connectivity index (χ3n) is 5.17. The quantitative estimate of drug-likeness (QED) is 0.743. The Balaban J connectivity index is 1.24. The predicted octanol–water partition coefficient (Wildman–Crippen LogP) is 2.95. The van der Waals surface area contributed by atoms with E-state index in [1.165, 1.54) is 5.56 Å². The lowest BCUT2D eigenvalue weighted by Crippen LogP contribution is -2.50. The van der Waals surface area contributed by atoms with Crippen molar-refractivity contribution < 1.29 is 14.2 Å². The van der Waals surface area contributed by atoms with Gasteiger partial charge in [-0.3, -0.25) is 0 Å². The minimum absolute atomic E-state index is 0.0837. The summed E-state index contributed by atoms with van der Waals surface area (Å²) in [5, 5.41) is 3.70. The van der Waals surface area contributed by atoms with E-state index in [1.807, 2.05) is 0 Å². The summed E-state index contributed by atoms with van der Waals surface area (Å²) in [6, 6.07) is 11.1. The highest BCUT2D eigenvalue weighted by atomic mass is 16.5. The molecule has 2 heterocycles. The topological polar surface area (TPSA) is 39.7 Å². The van der Waals surface area contributed by atoms with Crippen LogP contribution >= 0.6 is 0 Å². The number of nitrogens with one attached hydrogen (secondary N) is 1. The first kappa shape index (κ1) is 17.9. The lowest BCUT2D eigenvalue weighted by Gasteiger charge is -2.43. The van der Waals surface area contributed by atoms with E-state index in [9.17, 15) is 0 Å². The van der Waals surface area contributed by atoms with Gasteiger partial charge in [-0.2, -0.15) is 0 Å². The van der Waals surface area contributed by atoms with Crippen LogP contribution in [0.3, 0.4) is 0 Å². The van der Waals surface area contributed by atoms with Gasteiger partial charge >= 0.3 is 0 Å². The Bertz CT molecular complexity index is 454. The second-order valence-electron chi connectivity index (χ2n) is 6.99. The zero-order valence-corrected chi connectivity index (χ0v) is 14.7. The largest absolute Gasteiger partial charge is 0.381 e. The van der Waals surface area contributed by atoms with Gasteiger partial charge in [0.15, 0.2) is 0 Å². The molecule has 0 aliphatic carbocycles. The van der Waals surface area contributed by atoms with E-state index >= 15 is 0 Å². The van der Waals surface area contributed by atoms with Crippen molar-refractivity contribution in [2.24, 2.45) is 0 Å². The summed E-state index contributed by atoms with van der Waals surface area (Å²) < 4.78 is 17.3. The summed E-state index contributed by atoms with van der Waals surface area (Å²) in [5.74, 6) is 0. The van der Waals surface area contributed by atoms with Crippen molar-refractivity contribution in [1.29, 1.82) is 0 Å². The van der Waals surface area contributed by atoms with Crippen molar-refractivity contribution in [3.63, 3.8) is 0 Å². The molecule has 1 aromatic rings. The molecule has 24 heavy (non-hydrogen) atoms. The fraction of sp³-hybridized carbons (Fsp3) is 0.700. The first-order chi connectivity index (χ1) is 11.9. The molecular formula is C20H31NO3. The monoisotopic (exact) mass is 333 g/mol. The van der Waals surface area contributed by atoms with Crippen LogP contribution in [-0.2, 0) is 20.6 Å². The third-order valence-corrected chi connectivity index (χ3v) is 5.17. The van der Waals surface area contributed by atoms with Crippen molar-refractivity contribution in [3.8, 4) is 0 Å². The van der Waals surface area contributed by atoms with Crippen molar-refractivity contribution in [2.75, 3.05) is 39.6 Å². The predicted molar refractivity (Wildman–Crippen MR) is 95.3 cm³/mol. The maximum Gasteiger partial charge on any atom is 0.0741 e. The van der Waals surface area contributed by atoms with E-state index in [0.29, 0.717) is 6.04 Å². The summed E-state index contributed by atoms with van der Waals surface area (Å²) >= 11 is 0. The second kappa shape index (κ2) is 9.52. The molecule has 2 aliphatic rings. The Morgan fingerprint density at radius 2 is 1.92 bits per heavy atom. The van der Waals surface area contributed by atoms with Gasteiger partial charge in [0.05, 0.1) is 12.2 Å². The molecule has 0 aromatic heterocycles. The molecule has 0 bridgehead atoms. The molecule has 1 atom stereocenters. The highest BCUT2D eigenvalue weighted by molar-refractivity contribution is 5.14. The Morgan fingerprint density at radius 1 is 1.08 bits per heavy atom. The summed E-state index contributed by atoms with van der Waals surface area (Å²) in [6.45, 7) is 5.25. The minimum Gasteiger partial charge on any atom is -0.381 e.